The molecule has 0 radical (unpaired) electrons. The van der Waals surface area contributed by atoms with Crippen molar-refractivity contribution in [2.75, 3.05) is 20.0 Å². The summed E-state index contributed by atoms with van der Waals surface area (Å²) in [5, 5.41) is 0. The summed E-state index contributed by atoms with van der Waals surface area (Å²) < 4.78 is 5.34. The van der Waals surface area contributed by atoms with Gasteiger partial charge in [-0.2, -0.15) is 0 Å². The van der Waals surface area contributed by atoms with Gasteiger partial charge in [-0.05, 0) is 18.7 Å². The zero-order valence-electron chi connectivity index (χ0n) is 11.7. The van der Waals surface area contributed by atoms with Crippen LogP contribution in [0.1, 0.15) is 18.5 Å². The van der Waals surface area contributed by atoms with E-state index in [4.69, 9.17) is 4.74 Å². The number of benzene rings is 1. The van der Waals surface area contributed by atoms with Crippen LogP contribution in [-0.4, -0.2) is 33.0 Å². The maximum Gasteiger partial charge on any atom is 0.0988 e. The van der Waals surface area contributed by atoms with Crippen LogP contribution >= 0.6 is 0 Å². The van der Waals surface area contributed by atoms with Gasteiger partial charge >= 0.3 is 0 Å². The summed E-state index contributed by atoms with van der Waals surface area (Å²) in [4.78, 5) is 2.43. The summed E-state index contributed by atoms with van der Waals surface area (Å²) in [6.45, 7) is 10.2. The average molecular weight is 251 g/mol. The Bertz CT molecular complexity index is 321. The molecule has 0 amide bonds. The van der Waals surface area contributed by atoms with E-state index in [0.29, 0.717) is 12.8 Å². The number of nitrogens with zero attached hydrogens (tertiary/aromatic N) is 1. The van der Waals surface area contributed by atoms with Crippen molar-refractivity contribution in [1.82, 2.24) is 4.90 Å². The van der Waals surface area contributed by atoms with E-state index < -0.39 is 8.07 Å². The summed E-state index contributed by atoms with van der Waals surface area (Å²) in [6.07, 6.45) is 1.16. The van der Waals surface area contributed by atoms with Crippen LogP contribution in [-0.2, 0) is 4.74 Å². The maximum atomic E-state index is 5.34. The standard InChI is InChI=1S/C14H25NOSi/c1-13(14-9-7-6-8-10-14)15(11-16-2)12-17(3,4)5/h6-10,13H,11-12H2,1-5H3/t13-/m0/s1. The Hall–Kier alpha value is -0.643. The molecule has 3 heteroatoms. The van der Waals surface area contributed by atoms with Crippen LogP contribution in [0.5, 0.6) is 0 Å². The summed E-state index contributed by atoms with van der Waals surface area (Å²) in [6, 6.07) is 11.1. The van der Waals surface area contributed by atoms with E-state index in [1.54, 1.807) is 7.11 Å². The molecule has 0 aromatic heterocycles. The Balaban J connectivity index is 2.77. The lowest BCUT2D eigenvalue weighted by molar-refractivity contribution is 0.0497. The number of hydrogen-bond donors (Lipinski definition) is 0. The molecule has 0 bridgehead atoms. The fourth-order valence-corrected chi connectivity index (χ4v) is 3.60. The largest absolute Gasteiger partial charge is 0.369 e. The minimum atomic E-state index is -1.11. The van der Waals surface area contributed by atoms with Crippen LogP contribution in [0.2, 0.25) is 19.6 Å². The lowest BCUT2D eigenvalue weighted by Crippen LogP contribution is -2.42. The van der Waals surface area contributed by atoms with Crippen molar-refractivity contribution in [1.29, 1.82) is 0 Å². The molecular formula is C14H25NOSi. The Morgan fingerprint density at radius 1 is 1.18 bits per heavy atom. The zero-order chi connectivity index (χ0) is 12.9. The first-order chi connectivity index (χ1) is 7.94. The SMILES string of the molecule is COCN(C[Si](C)(C)C)[C@@H](C)c1ccccc1. The highest BCUT2D eigenvalue weighted by molar-refractivity contribution is 6.76. The van der Waals surface area contributed by atoms with E-state index in [2.05, 4.69) is 61.8 Å². The van der Waals surface area contributed by atoms with E-state index in [0.717, 1.165) is 6.17 Å². The Kier molecular flexibility index (Phi) is 5.37. The number of rotatable bonds is 6. The van der Waals surface area contributed by atoms with Crippen molar-refractivity contribution in [2.24, 2.45) is 0 Å². The van der Waals surface area contributed by atoms with Gasteiger partial charge in [0.05, 0.1) is 14.8 Å². The average Bonchev–Trinajstić information content (AvgIpc) is 2.27. The molecule has 0 saturated heterocycles. The van der Waals surface area contributed by atoms with Gasteiger partial charge in [-0.3, -0.25) is 4.90 Å². The van der Waals surface area contributed by atoms with Crippen LogP contribution in [0.3, 0.4) is 0 Å². The smallest absolute Gasteiger partial charge is 0.0988 e. The minimum absolute atomic E-state index is 0.419. The summed E-state index contributed by atoms with van der Waals surface area (Å²) >= 11 is 0. The lowest BCUT2D eigenvalue weighted by atomic mass is 10.1. The maximum absolute atomic E-state index is 5.34. The number of methoxy groups -OCH3 is 1. The van der Waals surface area contributed by atoms with Gasteiger partial charge in [0.25, 0.3) is 0 Å². The quantitative estimate of drug-likeness (QED) is 0.566. The second kappa shape index (κ2) is 6.33. The molecule has 0 aliphatic carbocycles. The monoisotopic (exact) mass is 251 g/mol. The Morgan fingerprint density at radius 3 is 2.24 bits per heavy atom. The molecule has 0 saturated carbocycles. The van der Waals surface area contributed by atoms with Crippen molar-refractivity contribution < 1.29 is 4.74 Å². The third-order valence-corrected chi connectivity index (χ3v) is 4.16. The third-order valence-electron chi connectivity index (χ3n) is 2.80. The molecule has 2 nitrogen and oxygen atoms in total. The van der Waals surface area contributed by atoms with Crippen LogP contribution in [0.15, 0.2) is 30.3 Å². The fraction of sp³-hybridized carbons (Fsp3) is 0.571. The van der Waals surface area contributed by atoms with Crippen LogP contribution in [0.4, 0.5) is 0 Å². The van der Waals surface area contributed by atoms with Gasteiger partial charge in [0.2, 0.25) is 0 Å². The van der Waals surface area contributed by atoms with E-state index in [1.807, 2.05) is 0 Å². The third kappa shape index (κ3) is 5.02. The van der Waals surface area contributed by atoms with Gasteiger partial charge in [0, 0.05) is 13.2 Å². The molecule has 0 aliphatic rings. The van der Waals surface area contributed by atoms with Gasteiger partial charge in [0.1, 0.15) is 0 Å². The minimum Gasteiger partial charge on any atom is -0.369 e. The van der Waals surface area contributed by atoms with E-state index in [-0.39, 0.29) is 0 Å². The van der Waals surface area contributed by atoms with Crippen molar-refractivity contribution >= 4 is 8.07 Å². The van der Waals surface area contributed by atoms with Gasteiger partial charge < -0.3 is 4.74 Å². The van der Waals surface area contributed by atoms with E-state index in [9.17, 15) is 0 Å². The van der Waals surface area contributed by atoms with Crippen LogP contribution < -0.4 is 0 Å². The van der Waals surface area contributed by atoms with E-state index in [1.165, 1.54) is 5.56 Å². The first-order valence-electron chi connectivity index (χ1n) is 6.22. The number of hydrogen-bond acceptors (Lipinski definition) is 2. The second-order valence-electron chi connectivity index (χ2n) is 5.81. The normalized spacial score (nSPS) is 14.0. The molecule has 0 unspecified atom stereocenters. The highest BCUT2D eigenvalue weighted by Crippen LogP contribution is 2.21. The van der Waals surface area contributed by atoms with Crippen LogP contribution in [0, 0.1) is 0 Å². The van der Waals surface area contributed by atoms with Crippen molar-refractivity contribution in [2.45, 2.75) is 32.6 Å². The predicted octanol–water partition coefficient (Wildman–Crippen LogP) is 3.53. The molecule has 96 valence electrons. The van der Waals surface area contributed by atoms with Crippen molar-refractivity contribution in [3.63, 3.8) is 0 Å². The number of ether oxygens (including phenoxy) is 1. The highest BCUT2D eigenvalue weighted by atomic mass is 28.3. The fourth-order valence-electron chi connectivity index (χ4n) is 2.01. The zero-order valence-corrected chi connectivity index (χ0v) is 12.7. The molecule has 0 aliphatic heterocycles. The van der Waals surface area contributed by atoms with E-state index >= 15 is 0 Å². The first kappa shape index (κ1) is 14.4. The van der Waals surface area contributed by atoms with Crippen molar-refractivity contribution in [3.8, 4) is 0 Å². The molecule has 1 atom stereocenters. The molecule has 1 rings (SSSR count). The molecule has 0 N–H and O–H groups in total. The molecule has 1 aromatic carbocycles. The van der Waals surface area contributed by atoms with Gasteiger partial charge in [-0.15, -0.1) is 0 Å². The van der Waals surface area contributed by atoms with Gasteiger partial charge in [0.15, 0.2) is 0 Å². The molecule has 0 heterocycles. The summed E-state index contributed by atoms with van der Waals surface area (Å²) in [5.74, 6) is 0. The molecule has 0 spiro atoms. The summed E-state index contributed by atoms with van der Waals surface area (Å²) in [5.41, 5.74) is 1.36. The Morgan fingerprint density at radius 2 is 1.76 bits per heavy atom. The van der Waals surface area contributed by atoms with Crippen molar-refractivity contribution in [3.05, 3.63) is 35.9 Å². The molecule has 1 aromatic rings. The molecular weight excluding hydrogens is 226 g/mol. The first-order valence-corrected chi connectivity index (χ1v) is 9.92. The predicted molar refractivity (Wildman–Crippen MR) is 76.8 cm³/mol. The molecule has 17 heavy (non-hydrogen) atoms. The van der Waals surface area contributed by atoms with Gasteiger partial charge in [-0.25, -0.2) is 0 Å². The van der Waals surface area contributed by atoms with Gasteiger partial charge in [-0.1, -0.05) is 50.0 Å². The molecule has 0 fully saturated rings. The lowest BCUT2D eigenvalue weighted by Gasteiger charge is -2.33. The second-order valence-corrected chi connectivity index (χ2v) is 11.2. The summed E-state index contributed by atoms with van der Waals surface area (Å²) in [7, 11) is 0.665. The van der Waals surface area contributed by atoms with Crippen LogP contribution in [0.25, 0.3) is 0 Å². The topological polar surface area (TPSA) is 12.5 Å². The Labute approximate surface area is 107 Å². The highest BCUT2D eigenvalue weighted by Gasteiger charge is 2.22.